The number of hydrogen-bond acceptors (Lipinski definition) is 0. The zero-order valence-electron chi connectivity index (χ0n) is 10.7. The van der Waals surface area contributed by atoms with E-state index in [-0.39, 0.29) is 5.82 Å². The van der Waals surface area contributed by atoms with Crippen LogP contribution in [0.1, 0.15) is 22.6 Å². The van der Waals surface area contributed by atoms with Crippen molar-refractivity contribution in [3.8, 4) is 0 Å². The van der Waals surface area contributed by atoms with Crippen LogP contribution in [0.3, 0.4) is 0 Å². The summed E-state index contributed by atoms with van der Waals surface area (Å²) in [7, 11) is 0. The van der Waals surface area contributed by atoms with Crippen molar-refractivity contribution in [2.45, 2.75) is 19.3 Å². The molecule has 0 nitrogen and oxygen atoms in total. The molecule has 2 aromatic carbocycles. The highest BCUT2D eigenvalue weighted by molar-refractivity contribution is 9.09. The molecule has 0 radical (unpaired) electrons. The standard InChI is InChI=1S/C16H15BrClF/c1-11-7-16(19)6-5-12(11)8-14(10-17)13-3-2-4-15(18)9-13/h2-7,9,14H,8,10H2,1H3. The fourth-order valence-corrected chi connectivity index (χ4v) is 2.98. The second kappa shape index (κ2) is 6.53. The highest BCUT2D eigenvalue weighted by Gasteiger charge is 2.13. The zero-order chi connectivity index (χ0) is 13.8. The molecule has 0 aliphatic heterocycles. The summed E-state index contributed by atoms with van der Waals surface area (Å²) in [4.78, 5) is 0. The van der Waals surface area contributed by atoms with Crippen molar-refractivity contribution < 1.29 is 4.39 Å². The van der Waals surface area contributed by atoms with E-state index >= 15 is 0 Å². The highest BCUT2D eigenvalue weighted by Crippen LogP contribution is 2.26. The summed E-state index contributed by atoms with van der Waals surface area (Å²) >= 11 is 9.59. The SMILES string of the molecule is Cc1cc(F)ccc1CC(CBr)c1cccc(Cl)c1. The van der Waals surface area contributed by atoms with Gasteiger partial charge in [-0.2, -0.15) is 0 Å². The summed E-state index contributed by atoms with van der Waals surface area (Å²) in [6.45, 7) is 1.95. The molecule has 2 rings (SSSR count). The molecule has 0 aromatic heterocycles. The molecular formula is C16H15BrClF. The lowest BCUT2D eigenvalue weighted by atomic mass is 9.92. The third-order valence-corrected chi connectivity index (χ3v) is 4.29. The molecule has 0 fully saturated rings. The Bertz CT molecular complexity index is 568. The number of rotatable bonds is 4. The van der Waals surface area contributed by atoms with Gasteiger partial charge in [0, 0.05) is 10.4 Å². The van der Waals surface area contributed by atoms with E-state index in [9.17, 15) is 4.39 Å². The molecular weight excluding hydrogens is 327 g/mol. The van der Waals surface area contributed by atoms with E-state index in [0.29, 0.717) is 5.92 Å². The Morgan fingerprint density at radius 2 is 2.00 bits per heavy atom. The molecule has 0 saturated carbocycles. The molecule has 0 aliphatic rings. The van der Waals surface area contributed by atoms with Crippen molar-refractivity contribution in [3.63, 3.8) is 0 Å². The first kappa shape index (κ1) is 14.5. The normalized spacial score (nSPS) is 12.4. The maximum Gasteiger partial charge on any atom is 0.123 e. The maximum absolute atomic E-state index is 13.1. The molecule has 1 unspecified atom stereocenters. The predicted octanol–water partition coefficient (Wildman–Crippen LogP) is 5.51. The minimum absolute atomic E-state index is 0.181. The molecule has 1 atom stereocenters. The first-order valence-corrected chi connectivity index (χ1v) is 7.66. The van der Waals surface area contributed by atoms with Crippen LogP contribution in [-0.2, 0) is 6.42 Å². The summed E-state index contributed by atoms with van der Waals surface area (Å²) in [6, 6.07) is 12.9. The first-order chi connectivity index (χ1) is 9.10. The van der Waals surface area contributed by atoms with Crippen LogP contribution in [-0.4, -0.2) is 5.33 Å². The van der Waals surface area contributed by atoms with Gasteiger partial charge in [0.1, 0.15) is 5.82 Å². The van der Waals surface area contributed by atoms with Gasteiger partial charge in [-0.25, -0.2) is 4.39 Å². The Hall–Kier alpha value is -0.860. The van der Waals surface area contributed by atoms with Crippen molar-refractivity contribution in [2.24, 2.45) is 0 Å². The number of hydrogen-bond donors (Lipinski definition) is 0. The van der Waals surface area contributed by atoms with Gasteiger partial charge in [-0.3, -0.25) is 0 Å². The average Bonchev–Trinajstić information content (AvgIpc) is 2.38. The molecule has 0 saturated heterocycles. The van der Waals surface area contributed by atoms with Crippen molar-refractivity contribution in [1.82, 2.24) is 0 Å². The molecule has 0 amide bonds. The van der Waals surface area contributed by atoms with Gasteiger partial charge in [-0.15, -0.1) is 0 Å². The maximum atomic E-state index is 13.1. The third kappa shape index (κ3) is 3.80. The Kier molecular flexibility index (Phi) is 5.00. The zero-order valence-corrected chi connectivity index (χ0v) is 13.0. The summed E-state index contributed by atoms with van der Waals surface area (Å²) in [5.41, 5.74) is 3.37. The molecule has 0 aliphatic carbocycles. The van der Waals surface area contributed by atoms with Gasteiger partial charge in [0.15, 0.2) is 0 Å². The summed E-state index contributed by atoms with van der Waals surface area (Å²) in [6.07, 6.45) is 0.873. The quantitative estimate of drug-likeness (QED) is 0.643. The van der Waals surface area contributed by atoms with Gasteiger partial charge >= 0.3 is 0 Å². The van der Waals surface area contributed by atoms with Crippen LogP contribution in [0.25, 0.3) is 0 Å². The predicted molar refractivity (Wildman–Crippen MR) is 82.8 cm³/mol. The second-order valence-corrected chi connectivity index (χ2v) is 5.77. The van der Waals surface area contributed by atoms with E-state index in [4.69, 9.17) is 11.6 Å². The number of alkyl halides is 1. The summed E-state index contributed by atoms with van der Waals surface area (Å²) in [5.74, 6) is 0.155. The van der Waals surface area contributed by atoms with Gasteiger partial charge in [0.05, 0.1) is 0 Å². The molecule has 0 N–H and O–H groups in total. The Morgan fingerprint density at radius 1 is 1.21 bits per heavy atom. The molecule has 2 aromatic rings. The van der Waals surface area contributed by atoms with Gasteiger partial charge in [-0.05, 0) is 60.2 Å². The fourth-order valence-electron chi connectivity index (χ4n) is 2.18. The molecule has 0 heterocycles. The van der Waals surface area contributed by atoms with E-state index < -0.39 is 0 Å². The van der Waals surface area contributed by atoms with Gasteiger partial charge in [0.25, 0.3) is 0 Å². The number of benzene rings is 2. The lowest BCUT2D eigenvalue weighted by Gasteiger charge is -2.16. The van der Waals surface area contributed by atoms with Crippen LogP contribution in [0.2, 0.25) is 5.02 Å². The summed E-state index contributed by atoms with van der Waals surface area (Å²) < 4.78 is 13.1. The van der Waals surface area contributed by atoms with E-state index in [1.165, 1.54) is 17.2 Å². The van der Waals surface area contributed by atoms with Crippen LogP contribution < -0.4 is 0 Å². The smallest absolute Gasteiger partial charge is 0.123 e. The van der Waals surface area contributed by atoms with Crippen LogP contribution in [0.5, 0.6) is 0 Å². The Labute approximate surface area is 126 Å². The highest BCUT2D eigenvalue weighted by atomic mass is 79.9. The largest absolute Gasteiger partial charge is 0.207 e. The number of halogens is 3. The van der Waals surface area contributed by atoms with Crippen molar-refractivity contribution in [1.29, 1.82) is 0 Å². The Balaban J connectivity index is 2.24. The van der Waals surface area contributed by atoms with Crippen LogP contribution in [0, 0.1) is 12.7 Å². The minimum atomic E-state index is -0.181. The van der Waals surface area contributed by atoms with Gasteiger partial charge < -0.3 is 0 Å². The minimum Gasteiger partial charge on any atom is -0.207 e. The topological polar surface area (TPSA) is 0 Å². The van der Waals surface area contributed by atoms with E-state index in [1.54, 1.807) is 6.07 Å². The van der Waals surface area contributed by atoms with Gasteiger partial charge in [0.2, 0.25) is 0 Å². The lowest BCUT2D eigenvalue weighted by Crippen LogP contribution is -2.06. The molecule has 100 valence electrons. The number of aryl methyl sites for hydroxylation is 1. The van der Waals surface area contributed by atoms with E-state index in [2.05, 4.69) is 22.0 Å². The molecule has 0 bridgehead atoms. The van der Waals surface area contributed by atoms with E-state index in [0.717, 1.165) is 22.3 Å². The van der Waals surface area contributed by atoms with Crippen LogP contribution in [0.15, 0.2) is 42.5 Å². The monoisotopic (exact) mass is 340 g/mol. The molecule has 0 spiro atoms. The summed E-state index contributed by atoms with van der Waals surface area (Å²) in [5, 5.41) is 1.60. The van der Waals surface area contributed by atoms with Crippen molar-refractivity contribution in [2.75, 3.05) is 5.33 Å². The lowest BCUT2D eigenvalue weighted by molar-refractivity contribution is 0.624. The van der Waals surface area contributed by atoms with Crippen molar-refractivity contribution >= 4 is 27.5 Å². The van der Waals surface area contributed by atoms with Crippen LogP contribution >= 0.6 is 27.5 Å². The van der Waals surface area contributed by atoms with Gasteiger partial charge in [-0.1, -0.05) is 45.7 Å². The van der Waals surface area contributed by atoms with E-state index in [1.807, 2.05) is 31.2 Å². The van der Waals surface area contributed by atoms with Crippen molar-refractivity contribution in [3.05, 3.63) is 70.0 Å². The molecule has 3 heteroatoms. The Morgan fingerprint density at radius 3 is 2.63 bits per heavy atom. The first-order valence-electron chi connectivity index (χ1n) is 6.16. The average molecular weight is 342 g/mol. The third-order valence-electron chi connectivity index (χ3n) is 3.28. The van der Waals surface area contributed by atoms with Crippen LogP contribution in [0.4, 0.5) is 4.39 Å². The molecule has 19 heavy (non-hydrogen) atoms. The second-order valence-electron chi connectivity index (χ2n) is 4.68. The fraction of sp³-hybridized carbons (Fsp3) is 0.250.